The highest BCUT2D eigenvalue weighted by Gasteiger charge is 2.24. The van der Waals surface area contributed by atoms with Crippen molar-refractivity contribution in [2.45, 2.75) is 13.5 Å². The van der Waals surface area contributed by atoms with Crippen molar-refractivity contribution in [2.75, 3.05) is 6.61 Å². The van der Waals surface area contributed by atoms with Gasteiger partial charge in [-0.15, -0.1) is 0 Å². The third kappa shape index (κ3) is 4.21. The van der Waals surface area contributed by atoms with E-state index < -0.39 is 11.8 Å². The van der Waals surface area contributed by atoms with E-state index in [9.17, 15) is 9.18 Å². The Balaban J connectivity index is 1.88. The molecule has 0 spiro atoms. The fourth-order valence-electron chi connectivity index (χ4n) is 2.21. The Bertz CT molecular complexity index is 908. The number of oxazole rings is 1. The van der Waals surface area contributed by atoms with Crippen LogP contribution in [0, 0.1) is 5.82 Å². The predicted octanol–water partition coefficient (Wildman–Crippen LogP) is 4.89. The predicted molar refractivity (Wildman–Crippen MR) is 93.6 cm³/mol. The third-order valence-corrected chi connectivity index (χ3v) is 3.67. The summed E-state index contributed by atoms with van der Waals surface area (Å²) < 4.78 is 29.5. The molecule has 7 heteroatoms. The Hall–Kier alpha value is -2.86. The SMILES string of the molecule is CCOC(=O)c1oc(-c2cccc(F)c2)nc1OCc1ccc(Cl)cc1. The molecule has 0 aliphatic carbocycles. The van der Waals surface area contributed by atoms with E-state index >= 15 is 0 Å². The summed E-state index contributed by atoms with van der Waals surface area (Å²) in [4.78, 5) is 16.3. The molecule has 3 aromatic rings. The molecule has 0 aliphatic rings. The second-order valence-electron chi connectivity index (χ2n) is 5.30. The van der Waals surface area contributed by atoms with Gasteiger partial charge in [-0.1, -0.05) is 29.8 Å². The molecule has 0 unspecified atom stereocenters. The van der Waals surface area contributed by atoms with Gasteiger partial charge in [0.05, 0.1) is 6.61 Å². The number of carbonyl (C=O) groups excluding carboxylic acids is 1. The molecule has 0 bridgehead atoms. The van der Waals surface area contributed by atoms with Gasteiger partial charge in [-0.05, 0) is 42.8 Å². The van der Waals surface area contributed by atoms with Gasteiger partial charge in [0.1, 0.15) is 12.4 Å². The van der Waals surface area contributed by atoms with Crippen LogP contribution in [0.4, 0.5) is 4.39 Å². The molecule has 0 aliphatic heterocycles. The van der Waals surface area contributed by atoms with Gasteiger partial charge in [0.25, 0.3) is 11.6 Å². The van der Waals surface area contributed by atoms with E-state index in [0.29, 0.717) is 10.6 Å². The van der Waals surface area contributed by atoms with Gasteiger partial charge in [-0.25, -0.2) is 9.18 Å². The quantitative estimate of drug-likeness (QED) is 0.574. The first-order chi connectivity index (χ1) is 12.6. The molecule has 0 fully saturated rings. The number of nitrogens with zero attached hydrogens (tertiary/aromatic N) is 1. The number of esters is 1. The van der Waals surface area contributed by atoms with Crippen LogP contribution in [0.3, 0.4) is 0 Å². The average Bonchev–Trinajstić information content (AvgIpc) is 3.06. The monoisotopic (exact) mass is 375 g/mol. The van der Waals surface area contributed by atoms with Gasteiger partial charge >= 0.3 is 5.97 Å². The average molecular weight is 376 g/mol. The molecule has 0 saturated heterocycles. The number of aromatic nitrogens is 1. The lowest BCUT2D eigenvalue weighted by Gasteiger charge is -2.04. The molecule has 0 saturated carbocycles. The number of rotatable bonds is 6. The zero-order valence-electron chi connectivity index (χ0n) is 13.9. The fourth-order valence-corrected chi connectivity index (χ4v) is 2.33. The largest absolute Gasteiger partial charge is 0.470 e. The summed E-state index contributed by atoms with van der Waals surface area (Å²) in [6.07, 6.45) is 0. The number of benzene rings is 2. The number of carbonyl (C=O) groups is 1. The molecule has 5 nitrogen and oxygen atoms in total. The molecule has 0 amide bonds. The zero-order valence-corrected chi connectivity index (χ0v) is 14.6. The summed E-state index contributed by atoms with van der Waals surface area (Å²) in [6.45, 7) is 2.00. The van der Waals surface area contributed by atoms with E-state index in [0.717, 1.165) is 5.56 Å². The lowest BCUT2D eigenvalue weighted by molar-refractivity contribution is 0.0484. The van der Waals surface area contributed by atoms with Crippen molar-refractivity contribution in [3.8, 4) is 17.3 Å². The van der Waals surface area contributed by atoms with Crippen LogP contribution in [0.2, 0.25) is 5.02 Å². The Morgan fingerprint density at radius 2 is 2.00 bits per heavy atom. The minimum absolute atomic E-state index is 0.0161. The van der Waals surface area contributed by atoms with E-state index in [-0.39, 0.29) is 30.7 Å². The Kier molecular flexibility index (Phi) is 5.53. The number of hydrogen-bond donors (Lipinski definition) is 0. The smallest absolute Gasteiger partial charge is 0.380 e. The molecule has 134 valence electrons. The summed E-state index contributed by atoms with van der Waals surface area (Å²) >= 11 is 5.85. The molecular weight excluding hydrogens is 361 g/mol. The van der Waals surface area contributed by atoms with Crippen molar-refractivity contribution in [3.63, 3.8) is 0 Å². The summed E-state index contributed by atoms with van der Waals surface area (Å²) in [7, 11) is 0. The first kappa shape index (κ1) is 17.9. The molecule has 1 aromatic heterocycles. The maximum atomic E-state index is 13.4. The molecule has 26 heavy (non-hydrogen) atoms. The molecule has 0 N–H and O–H groups in total. The van der Waals surface area contributed by atoms with Gasteiger partial charge < -0.3 is 13.9 Å². The van der Waals surface area contributed by atoms with Crippen molar-refractivity contribution in [1.82, 2.24) is 4.98 Å². The lowest BCUT2D eigenvalue weighted by atomic mass is 10.2. The Labute approximate surface area is 154 Å². The van der Waals surface area contributed by atoms with Crippen LogP contribution in [0.15, 0.2) is 52.9 Å². The van der Waals surface area contributed by atoms with Crippen molar-refractivity contribution in [2.24, 2.45) is 0 Å². The maximum Gasteiger partial charge on any atom is 0.380 e. The maximum absolute atomic E-state index is 13.4. The van der Waals surface area contributed by atoms with Crippen molar-refractivity contribution in [3.05, 3.63) is 70.7 Å². The number of ether oxygens (including phenoxy) is 2. The molecule has 0 atom stereocenters. The second kappa shape index (κ2) is 8.01. The van der Waals surface area contributed by atoms with Crippen molar-refractivity contribution < 1.29 is 23.1 Å². The second-order valence-corrected chi connectivity index (χ2v) is 5.74. The van der Waals surface area contributed by atoms with Crippen LogP contribution in [0.1, 0.15) is 23.0 Å². The van der Waals surface area contributed by atoms with E-state index in [4.69, 9.17) is 25.5 Å². The van der Waals surface area contributed by atoms with Crippen molar-refractivity contribution in [1.29, 1.82) is 0 Å². The van der Waals surface area contributed by atoms with Crippen molar-refractivity contribution >= 4 is 17.6 Å². The van der Waals surface area contributed by atoms with Gasteiger partial charge in [0, 0.05) is 10.6 Å². The normalized spacial score (nSPS) is 10.6. The zero-order chi connectivity index (χ0) is 18.5. The van der Waals surface area contributed by atoms with Crippen LogP contribution in [0.5, 0.6) is 5.88 Å². The Morgan fingerprint density at radius 3 is 2.69 bits per heavy atom. The molecule has 3 rings (SSSR count). The van der Waals surface area contributed by atoms with Crippen LogP contribution in [-0.2, 0) is 11.3 Å². The van der Waals surface area contributed by atoms with Crippen LogP contribution < -0.4 is 4.74 Å². The topological polar surface area (TPSA) is 61.6 Å². The Morgan fingerprint density at radius 1 is 1.23 bits per heavy atom. The van der Waals surface area contributed by atoms with E-state index in [2.05, 4.69) is 4.98 Å². The third-order valence-electron chi connectivity index (χ3n) is 3.42. The highest BCUT2D eigenvalue weighted by atomic mass is 35.5. The highest BCUT2D eigenvalue weighted by molar-refractivity contribution is 6.30. The molecule has 1 heterocycles. The number of hydrogen-bond acceptors (Lipinski definition) is 5. The number of halogens is 2. The van der Waals surface area contributed by atoms with E-state index in [1.165, 1.54) is 18.2 Å². The van der Waals surface area contributed by atoms with Gasteiger partial charge in [-0.3, -0.25) is 0 Å². The first-order valence-electron chi connectivity index (χ1n) is 7.88. The standard InChI is InChI=1S/C19H15ClFNO4/c1-2-24-19(23)16-18(25-11-12-6-8-14(20)9-7-12)22-17(26-16)13-4-3-5-15(21)10-13/h3-10H,2,11H2,1H3. The van der Waals surface area contributed by atoms with Gasteiger partial charge in [0.15, 0.2) is 0 Å². The van der Waals surface area contributed by atoms with E-state index in [1.54, 1.807) is 37.3 Å². The minimum atomic E-state index is -0.700. The van der Waals surface area contributed by atoms with E-state index in [1.807, 2.05) is 0 Å². The first-order valence-corrected chi connectivity index (χ1v) is 8.25. The van der Waals surface area contributed by atoms with Gasteiger partial charge in [-0.2, -0.15) is 4.98 Å². The fraction of sp³-hybridized carbons (Fsp3) is 0.158. The lowest BCUT2D eigenvalue weighted by Crippen LogP contribution is -2.06. The summed E-state index contributed by atoms with van der Waals surface area (Å²) in [6, 6.07) is 12.7. The van der Waals surface area contributed by atoms with Crippen LogP contribution in [0.25, 0.3) is 11.5 Å². The van der Waals surface area contributed by atoms with Gasteiger partial charge in [0.2, 0.25) is 5.89 Å². The molecular formula is C19H15ClFNO4. The molecule has 0 radical (unpaired) electrons. The summed E-state index contributed by atoms with van der Waals surface area (Å²) in [5.41, 5.74) is 1.22. The molecule has 2 aromatic carbocycles. The van der Waals surface area contributed by atoms with Crippen LogP contribution >= 0.6 is 11.6 Å². The minimum Gasteiger partial charge on any atom is -0.470 e. The summed E-state index contributed by atoms with van der Waals surface area (Å²) in [5.74, 6) is -1.26. The van der Waals surface area contributed by atoms with Crippen LogP contribution in [-0.4, -0.2) is 17.6 Å². The highest BCUT2D eigenvalue weighted by Crippen LogP contribution is 2.28. The summed E-state index contributed by atoms with van der Waals surface area (Å²) in [5, 5.41) is 0.607.